The number of hydrogen-bond acceptors (Lipinski definition) is 3. The van der Waals surface area contributed by atoms with Crippen LogP contribution < -0.4 is 5.32 Å². The Morgan fingerprint density at radius 2 is 1.67 bits per heavy atom. The van der Waals surface area contributed by atoms with Gasteiger partial charge in [-0.25, -0.2) is 4.98 Å². The summed E-state index contributed by atoms with van der Waals surface area (Å²) in [7, 11) is 0. The second-order valence-corrected chi connectivity index (χ2v) is 4.56. The lowest BCUT2D eigenvalue weighted by molar-refractivity contribution is -0.141. The number of nitrogens with one attached hydrogen (secondary N) is 1. The maximum absolute atomic E-state index is 12.5. The number of aromatic nitrogens is 1. The van der Waals surface area contributed by atoms with Gasteiger partial charge in [0.2, 0.25) is 0 Å². The molecule has 0 amide bonds. The molecule has 1 aromatic heterocycles. The number of nitrogens with zero attached hydrogens (tertiary/aromatic N) is 1. The monoisotopic (exact) mass is 296 g/mol. The molecule has 1 heterocycles. The Morgan fingerprint density at radius 1 is 1.00 bits per heavy atom. The molecule has 0 radical (unpaired) electrons. The average molecular weight is 296 g/mol. The van der Waals surface area contributed by atoms with E-state index < -0.39 is 11.9 Å². The second kappa shape index (κ2) is 6.58. The topological polar surface area (TPSA) is 45.1 Å². The van der Waals surface area contributed by atoms with Gasteiger partial charge in [0.25, 0.3) is 0 Å². The van der Waals surface area contributed by atoms with Crippen molar-refractivity contribution in [3.63, 3.8) is 0 Å². The van der Waals surface area contributed by atoms with Gasteiger partial charge in [0.15, 0.2) is 0 Å². The standard InChI is InChI=1S/C15H15F3N2O/c16-15(17,18)13-2-1-3-14(20-13)19-9-8-11-4-6-12(10-21)7-5-11/h1-7,21H,8-10H2,(H,19,20). The van der Waals surface area contributed by atoms with Gasteiger partial charge in [-0.05, 0) is 29.7 Å². The smallest absolute Gasteiger partial charge is 0.392 e. The first-order valence-electron chi connectivity index (χ1n) is 6.46. The van der Waals surface area contributed by atoms with Crippen LogP contribution in [0.5, 0.6) is 0 Å². The van der Waals surface area contributed by atoms with E-state index in [9.17, 15) is 13.2 Å². The number of hydrogen-bond donors (Lipinski definition) is 2. The third-order valence-corrected chi connectivity index (χ3v) is 2.96. The van der Waals surface area contributed by atoms with Crippen molar-refractivity contribution in [2.75, 3.05) is 11.9 Å². The van der Waals surface area contributed by atoms with E-state index in [1.807, 2.05) is 24.3 Å². The van der Waals surface area contributed by atoms with Crippen LogP contribution in [0.15, 0.2) is 42.5 Å². The van der Waals surface area contributed by atoms with Gasteiger partial charge >= 0.3 is 6.18 Å². The number of pyridine rings is 1. The van der Waals surface area contributed by atoms with Crippen LogP contribution in [-0.4, -0.2) is 16.6 Å². The van der Waals surface area contributed by atoms with E-state index in [2.05, 4.69) is 10.3 Å². The number of aliphatic hydroxyl groups excluding tert-OH is 1. The van der Waals surface area contributed by atoms with Crippen molar-refractivity contribution in [3.8, 4) is 0 Å². The first-order valence-corrected chi connectivity index (χ1v) is 6.46. The molecule has 0 fully saturated rings. The van der Waals surface area contributed by atoms with E-state index in [1.165, 1.54) is 12.1 Å². The molecular formula is C15H15F3N2O. The molecule has 2 aromatic rings. The summed E-state index contributed by atoms with van der Waals surface area (Å²) < 4.78 is 37.5. The fourth-order valence-electron chi connectivity index (χ4n) is 1.84. The molecule has 0 aliphatic rings. The molecule has 0 saturated carbocycles. The third kappa shape index (κ3) is 4.46. The molecule has 6 heteroatoms. The van der Waals surface area contributed by atoms with Gasteiger partial charge in [-0.3, -0.25) is 0 Å². The lowest BCUT2D eigenvalue weighted by Crippen LogP contribution is -2.11. The first-order chi connectivity index (χ1) is 9.99. The van der Waals surface area contributed by atoms with Crippen LogP contribution in [0.3, 0.4) is 0 Å². The largest absolute Gasteiger partial charge is 0.433 e. The van der Waals surface area contributed by atoms with Crippen LogP contribution in [0.2, 0.25) is 0 Å². The highest BCUT2D eigenvalue weighted by atomic mass is 19.4. The van der Waals surface area contributed by atoms with Gasteiger partial charge in [0, 0.05) is 6.54 Å². The molecule has 0 atom stereocenters. The van der Waals surface area contributed by atoms with Gasteiger partial charge < -0.3 is 10.4 Å². The molecule has 3 nitrogen and oxygen atoms in total. The summed E-state index contributed by atoms with van der Waals surface area (Å²) in [6, 6.07) is 11.2. The summed E-state index contributed by atoms with van der Waals surface area (Å²) in [6.45, 7) is 0.472. The van der Waals surface area contributed by atoms with Crippen LogP contribution in [-0.2, 0) is 19.2 Å². The Bertz CT molecular complexity index is 582. The summed E-state index contributed by atoms with van der Waals surface area (Å²) in [5, 5.41) is 11.8. The molecule has 2 N–H and O–H groups in total. The van der Waals surface area contributed by atoms with Crippen molar-refractivity contribution in [1.29, 1.82) is 0 Å². The molecule has 21 heavy (non-hydrogen) atoms. The Balaban J connectivity index is 1.91. The molecule has 0 aliphatic carbocycles. The number of rotatable bonds is 5. The predicted octanol–water partition coefficient (Wildman–Crippen LogP) is 3.25. The molecule has 0 bridgehead atoms. The highest BCUT2D eigenvalue weighted by molar-refractivity contribution is 5.36. The Hall–Kier alpha value is -2.08. The summed E-state index contributed by atoms with van der Waals surface area (Å²) in [5.41, 5.74) is 0.956. The second-order valence-electron chi connectivity index (χ2n) is 4.56. The zero-order valence-corrected chi connectivity index (χ0v) is 11.2. The van der Waals surface area contributed by atoms with Gasteiger partial charge in [0.1, 0.15) is 11.5 Å². The number of anilines is 1. The third-order valence-electron chi connectivity index (χ3n) is 2.96. The lowest BCUT2D eigenvalue weighted by Gasteiger charge is -2.09. The summed E-state index contributed by atoms with van der Waals surface area (Å²) in [6.07, 6.45) is -3.78. The highest BCUT2D eigenvalue weighted by Gasteiger charge is 2.32. The van der Waals surface area contributed by atoms with Crippen molar-refractivity contribution >= 4 is 5.82 Å². The van der Waals surface area contributed by atoms with Crippen molar-refractivity contribution in [2.24, 2.45) is 0 Å². The number of benzene rings is 1. The fraction of sp³-hybridized carbons (Fsp3) is 0.267. The van der Waals surface area contributed by atoms with Crippen molar-refractivity contribution in [1.82, 2.24) is 4.98 Å². The van der Waals surface area contributed by atoms with E-state index in [0.717, 1.165) is 17.2 Å². The molecule has 0 unspecified atom stereocenters. The minimum Gasteiger partial charge on any atom is -0.392 e. The van der Waals surface area contributed by atoms with Crippen LogP contribution in [0.1, 0.15) is 16.8 Å². The quantitative estimate of drug-likeness (QED) is 0.890. The molecule has 2 rings (SSSR count). The van der Waals surface area contributed by atoms with Gasteiger partial charge in [-0.1, -0.05) is 30.3 Å². The number of halogens is 3. The maximum Gasteiger partial charge on any atom is 0.433 e. The zero-order valence-electron chi connectivity index (χ0n) is 11.2. The van der Waals surface area contributed by atoms with Crippen LogP contribution in [0.25, 0.3) is 0 Å². The predicted molar refractivity (Wildman–Crippen MR) is 73.8 cm³/mol. The van der Waals surface area contributed by atoms with E-state index in [1.54, 1.807) is 0 Å². The minimum absolute atomic E-state index is 0.00726. The van der Waals surface area contributed by atoms with E-state index in [4.69, 9.17) is 5.11 Å². The highest BCUT2D eigenvalue weighted by Crippen LogP contribution is 2.28. The molecule has 1 aromatic carbocycles. The first kappa shape index (κ1) is 15.3. The Kier molecular flexibility index (Phi) is 4.80. The maximum atomic E-state index is 12.5. The van der Waals surface area contributed by atoms with Crippen LogP contribution in [0, 0.1) is 0 Å². The summed E-state index contributed by atoms with van der Waals surface area (Å²) in [5.74, 6) is 0.205. The molecule has 0 spiro atoms. The van der Waals surface area contributed by atoms with E-state index in [-0.39, 0.29) is 12.4 Å². The fourth-order valence-corrected chi connectivity index (χ4v) is 1.84. The molecule has 112 valence electrons. The zero-order chi connectivity index (χ0) is 15.3. The van der Waals surface area contributed by atoms with Crippen molar-refractivity contribution in [3.05, 3.63) is 59.3 Å². The molecular weight excluding hydrogens is 281 g/mol. The Morgan fingerprint density at radius 3 is 2.29 bits per heavy atom. The molecule has 0 aliphatic heterocycles. The van der Waals surface area contributed by atoms with Gasteiger partial charge in [0.05, 0.1) is 6.61 Å². The SMILES string of the molecule is OCc1ccc(CCNc2cccc(C(F)(F)F)n2)cc1. The van der Waals surface area contributed by atoms with Crippen molar-refractivity contribution < 1.29 is 18.3 Å². The lowest BCUT2D eigenvalue weighted by atomic mass is 10.1. The number of aliphatic hydroxyl groups is 1. The van der Waals surface area contributed by atoms with Gasteiger partial charge in [-0.15, -0.1) is 0 Å². The average Bonchev–Trinajstić information content (AvgIpc) is 2.47. The molecule has 0 saturated heterocycles. The summed E-state index contributed by atoms with van der Waals surface area (Å²) >= 11 is 0. The minimum atomic E-state index is -4.43. The van der Waals surface area contributed by atoms with Crippen LogP contribution >= 0.6 is 0 Å². The van der Waals surface area contributed by atoms with Crippen molar-refractivity contribution in [2.45, 2.75) is 19.2 Å². The normalized spacial score (nSPS) is 11.4. The Labute approximate surface area is 120 Å². The number of alkyl halides is 3. The van der Waals surface area contributed by atoms with E-state index >= 15 is 0 Å². The van der Waals surface area contributed by atoms with Crippen LogP contribution in [0.4, 0.5) is 19.0 Å². The summed E-state index contributed by atoms with van der Waals surface area (Å²) in [4.78, 5) is 3.53. The van der Waals surface area contributed by atoms with Gasteiger partial charge in [-0.2, -0.15) is 13.2 Å². The van der Waals surface area contributed by atoms with E-state index in [0.29, 0.717) is 13.0 Å².